The number of nitrogen functional groups attached to an aromatic ring is 1. The first-order valence-corrected chi connectivity index (χ1v) is 4.39. The van der Waals surface area contributed by atoms with E-state index in [1.54, 1.807) is 25.4 Å². The molecule has 5 nitrogen and oxygen atoms in total. The quantitative estimate of drug-likeness (QED) is 0.739. The first-order chi connectivity index (χ1) is 7.31. The standard InChI is InChI=1S/C10H10N4O/c1-15-9-6-7(11)2-3-8(9)10-12-4-5-13-14-10/h2-6H,11H2,1H3. The van der Waals surface area contributed by atoms with Crippen molar-refractivity contribution in [2.24, 2.45) is 0 Å². The first kappa shape index (κ1) is 9.39. The van der Waals surface area contributed by atoms with E-state index in [-0.39, 0.29) is 0 Å². The van der Waals surface area contributed by atoms with Crippen LogP contribution in [0.4, 0.5) is 5.69 Å². The molecule has 0 spiro atoms. The molecule has 0 bridgehead atoms. The summed E-state index contributed by atoms with van der Waals surface area (Å²) in [5.41, 5.74) is 7.06. The van der Waals surface area contributed by atoms with Crippen molar-refractivity contribution >= 4 is 5.69 Å². The van der Waals surface area contributed by atoms with Gasteiger partial charge < -0.3 is 10.5 Å². The highest BCUT2D eigenvalue weighted by molar-refractivity contribution is 5.67. The second kappa shape index (κ2) is 3.91. The molecule has 2 rings (SSSR count). The minimum Gasteiger partial charge on any atom is -0.496 e. The molecule has 0 aliphatic rings. The number of anilines is 1. The van der Waals surface area contributed by atoms with Crippen molar-refractivity contribution in [3.63, 3.8) is 0 Å². The number of rotatable bonds is 2. The second-order valence-corrected chi connectivity index (χ2v) is 2.93. The Labute approximate surface area is 86.9 Å². The van der Waals surface area contributed by atoms with Crippen molar-refractivity contribution in [1.29, 1.82) is 0 Å². The topological polar surface area (TPSA) is 73.9 Å². The van der Waals surface area contributed by atoms with E-state index in [9.17, 15) is 0 Å². The molecule has 0 amide bonds. The number of methoxy groups -OCH3 is 1. The zero-order valence-electron chi connectivity index (χ0n) is 8.21. The molecule has 0 unspecified atom stereocenters. The SMILES string of the molecule is COc1cc(N)ccc1-c1nccnn1. The van der Waals surface area contributed by atoms with Crippen LogP contribution in [0.1, 0.15) is 0 Å². The molecule has 1 heterocycles. The van der Waals surface area contributed by atoms with Gasteiger partial charge in [0.05, 0.1) is 18.9 Å². The molecule has 0 saturated carbocycles. The summed E-state index contributed by atoms with van der Waals surface area (Å²) in [6, 6.07) is 5.31. The molecule has 1 aromatic carbocycles. The number of hydrogen-bond acceptors (Lipinski definition) is 5. The first-order valence-electron chi connectivity index (χ1n) is 4.39. The van der Waals surface area contributed by atoms with E-state index in [1.165, 1.54) is 6.20 Å². The monoisotopic (exact) mass is 202 g/mol. The maximum absolute atomic E-state index is 5.64. The van der Waals surface area contributed by atoms with Gasteiger partial charge in [-0.15, -0.1) is 5.10 Å². The Morgan fingerprint density at radius 2 is 2.13 bits per heavy atom. The van der Waals surface area contributed by atoms with Crippen LogP contribution < -0.4 is 10.5 Å². The molecule has 0 radical (unpaired) electrons. The van der Waals surface area contributed by atoms with E-state index in [4.69, 9.17) is 10.5 Å². The zero-order valence-corrected chi connectivity index (χ0v) is 8.21. The lowest BCUT2D eigenvalue weighted by Crippen LogP contribution is -1.95. The molecule has 2 N–H and O–H groups in total. The van der Waals surface area contributed by atoms with Crippen molar-refractivity contribution in [1.82, 2.24) is 15.2 Å². The van der Waals surface area contributed by atoms with Crippen molar-refractivity contribution in [3.8, 4) is 17.1 Å². The number of nitrogens with two attached hydrogens (primary N) is 1. The Morgan fingerprint density at radius 3 is 2.80 bits per heavy atom. The molecular formula is C10H10N4O. The number of ether oxygens (including phenoxy) is 1. The van der Waals surface area contributed by atoms with Gasteiger partial charge in [-0.05, 0) is 12.1 Å². The summed E-state index contributed by atoms with van der Waals surface area (Å²) in [6.45, 7) is 0. The van der Waals surface area contributed by atoms with Crippen molar-refractivity contribution in [3.05, 3.63) is 30.6 Å². The predicted molar refractivity (Wildman–Crippen MR) is 56.2 cm³/mol. The molecule has 0 atom stereocenters. The van der Waals surface area contributed by atoms with Gasteiger partial charge in [0.25, 0.3) is 0 Å². The molecule has 0 aliphatic carbocycles. The van der Waals surface area contributed by atoms with Gasteiger partial charge in [0, 0.05) is 18.0 Å². The third-order valence-electron chi connectivity index (χ3n) is 1.95. The summed E-state index contributed by atoms with van der Waals surface area (Å²) in [6.07, 6.45) is 3.10. The summed E-state index contributed by atoms with van der Waals surface area (Å²) >= 11 is 0. The molecule has 76 valence electrons. The maximum atomic E-state index is 5.64. The second-order valence-electron chi connectivity index (χ2n) is 2.93. The van der Waals surface area contributed by atoms with E-state index in [2.05, 4.69) is 15.2 Å². The molecule has 0 saturated heterocycles. The molecule has 0 aliphatic heterocycles. The van der Waals surface area contributed by atoms with Gasteiger partial charge in [0.15, 0.2) is 5.82 Å². The third-order valence-corrected chi connectivity index (χ3v) is 1.95. The lowest BCUT2D eigenvalue weighted by Gasteiger charge is -2.06. The predicted octanol–water partition coefficient (Wildman–Crippen LogP) is 1.13. The van der Waals surface area contributed by atoms with Crippen LogP contribution in [0.5, 0.6) is 5.75 Å². The Balaban J connectivity index is 2.53. The van der Waals surface area contributed by atoms with Crippen molar-refractivity contribution < 1.29 is 4.74 Å². The maximum Gasteiger partial charge on any atom is 0.185 e. The highest BCUT2D eigenvalue weighted by Gasteiger charge is 2.08. The Hall–Kier alpha value is -2.17. The fourth-order valence-electron chi connectivity index (χ4n) is 1.26. The van der Waals surface area contributed by atoms with E-state index in [1.807, 2.05) is 6.07 Å². The van der Waals surface area contributed by atoms with Crippen LogP contribution in [0.15, 0.2) is 30.6 Å². The fourth-order valence-corrected chi connectivity index (χ4v) is 1.26. The zero-order chi connectivity index (χ0) is 10.7. The summed E-state index contributed by atoms with van der Waals surface area (Å²) in [4.78, 5) is 4.09. The van der Waals surface area contributed by atoms with Gasteiger partial charge in [-0.25, -0.2) is 4.98 Å². The van der Waals surface area contributed by atoms with E-state index >= 15 is 0 Å². The largest absolute Gasteiger partial charge is 0.496 e. The van der Waals surface area contributed by atoms with E-state index in [0.29, 0.717) is 17.3 Å². The van der Waals surface area contributed by atoms with Crippen LogP contribution in [0.3, 0.4) is 0 Å². The lowest BCUT2D eigenvalue weighted by molar-refractivity contribution is 0.416. The van der Waals surface area contributed by atoms with Gasteiger partial charge in [0.2, 0.25) is 0 Å². The summed E-state index contributed by atoms with van der Waals surface area (Å²) in [7, 11) is 1.58. The number of nitrogens with zero attached hydrogens (tertiary/aromatic N) is 3. The average Bonchev–Trinajstić information content (AvgIpc) is 2.30. The Kier molecular flexibility index (Phi) is 2.45. The Morgan fingerprint density at radius 1 is 1.27 bits per heavy atom. The minimum atomic E-state index is 0.523. The highest BCUT2D eigenvalue weighted by Crippen LogP contribution is 2.28. The summed E-state index contributed by atoms with van der Waals surface area (Å²) in [5, 5.41) is 7.66. The molecule has 2 aromatic rings. The van der Waals surface area contributed by atoms with Crippen molar-refractivity contribution in [2.45, 2.75) is 0 Å². The molecule has 5 heteroatoms. The average molecular weight is 202 g/mol. The van der Waals surface area contributed by atoms with Crippen LogP contribution in [-0.2, 0) is 0 Å². The highest BCUT2D eigenvalue weighted by atomic mass is 16.5. The number of benzene rings is 1. The molecule has 15 heavy (non-hydrogen) atoms. The van der Waals surface area contributed by atoms with Gasteiger partial charge in [-0.2, -0.15) is 5.10 Å². The summed E-state index contributed by atoms with van der Waals surface area (Å²) < 4.78 is 5.19. The molecule has 1 aromatic heterocycles. The van der Waals surface area contributed by atoms with Crippen LogP contribution in [0.25, 0.3) is 11.4 Å². The van der Waals surface area contributed by atoms with Gasteiger partial charge >= 0.3 is 0 Å². The van der Waals surface area contributed by atoms with Gasteiger partial charge in [-0.1, -0.05) is 0 Å². The van der Waals surface area contributed by atoms with E-state index < -0.39 is 0 Å². The van der Waals surface area contributed by atoms with Crippen LogP contribution in [0.2, 0.25) is 0 Å². The normalized spacial score (nSPS) is 9.93. The lowest BCUT2D eigenvalue weighted by atomic mass is 10.1. The van der Waals surface area contributed by atoms with Gasteiger partial charge in [-0.3, -0.25) is 0 Å². The van der Waals surface area contributed by atoms with Crippen LogP contribution >= 0.6 is 0 Å². The number of hydrogen-bond donors (Lipinski definition) is 1. The molecule has 0 fully saturated rings. The summed E-state index contributed by atoms with van der Waals surface area (Å²) in [5.74, 6) is 1.16. The Bertz CT molecular complexity index is 458. The minimum absolute atomic E-state index is 0.523. The van der Waals surface area contributed by atoms with Gasteiger partial charge in [0.1, 0.15) is 5.75 Å². The third kappa shape index (κ3) is 1.85. The number of aromatic nitrogens is 3. The van der Waals surface area contributed by atoms with Crippen LogP contribution in [0, 0.1) is 0 Å². The van der Waals surface area contributed by atoms with E-state index in [0.717, 1.165) is 5.56 Å². The molecular weight excluding hydrogens is 192 g/mol. The van der Waals surface area contributed by atoms with Crippen molar-refractivity contribution in [2.75, 3.05) is 12.8 Å². The smallest absolute Gasteiger partial charge is 0.185 e. The fraction of sp³-hybridized carbons (Fsp3) is 0.100. The van der Waals surface area contributed by atoms with Crippen LogP contribution in [-0.4, -0.2) is 22.3 Å².